The fourth-order valence-corrected chi connectivity index (χ4v) is 3.78. The van der Waals surface area contributed by atoms with Gasteiger partial charge in [0.05, 0.1) is 4.88 Å². The molecule has 0 saturated heterocycles. The molecule has 1 aromatic heterocycles. The first kappa shape index (κ1) is 19.0. The summed E-state index contributed by atoms with van der Waals surface area (Å²) >= 11 is 1.36. The number of thiophene rings is 1. The number of hydrogen-bond donors (Lipinski definition) is 2. The maximum absolute atomic E-state index is 12.5. The van der Waals surface area contributed by atoms with Crippen LogP contribution >= 0.6 is 11.3 Å². The average molecular weight is 399 g/mol. The zero-order valence-corrected chi connectivity index (χ0v) is 16.2. The van der Waals surface area contributed by atoms with E-state index in [0.717, 1.165) is 5.56 Å². The van der Waals surface area contributed by atoms with Crippen LogP contribution in [0.15, 0.2) is 66.0 Å². The summed E-state index contributed by atoms with van der Waals surface area (Å²) in [6.07, 6.45) is 1.63. The summed E-state index contributed by atoms with van der Waals surface area (Å²) in [5.41, 5.74) is 2.52. The third-order valence-corrected chi connectivity index (χ3v) is 5.29. The molecule has 1 unspecified atom stereocenters. The molecule has 0 aliphatic heterocycles. The molecule has 1 heterocycles. The predicted octanol–water partition coefficient (Wildman–Crippen LogP) is 4.13. The third kappa shape index (κ3) is 5.35. The molecular weight excluding hydrogens is 380 g/mol. The number of nitrogens with one attached hydrogen (secondary N) is 2. The van der Waals surface area contributed by atoms with Crippen molar-refractivity contribution in [2.75, 3.05) is 16.9 Å². The van der Waals surface area contributed by atoms with Crippen molar-refractivity contribution < 1.29 is 13.8 Å². The van der Waals surface area contributed by atoms with E-state index >= 15 is 0 Å². The highest BCUT2D eigenvalue weighted by Crippen LogP contribution is 2.18. The van der Waals surface area contributed by atoms with E-state index in [9.17, 15) is 13.8 Å². The predicted molar refractivity (Wildman–Crippen MR) is 111 cm³/mol. The minimum absolute atomic E-state index is 0.186. The normalized spacial score (nSPS) is 11.6. The zero-order valence-electron chi connectivity index (χ0n) is 14.6. The van der Waals surface area contributed by atoms with Gasteiger partial charge in [0.25, 0.3) is 11.8 Å². The fraction of sp³-hybridized carbons (Fsp3) is 0.100. The Bertz CT molecular complexity index is 984. The van der Waals surface area contributed by atoms with E-state index < -0.39 is 10.8 Å². The summed E-state index contributed by atoms with van der Waals surface area (Å²) < 4.78 is 11.4. The SMILES string of the molecule is CS(=O)Cc1cccc(C(=O)Nc2cccc(NC(=O)c3cccs3)c2)c1. The summed E-state index contributed by atoms with van der Waals surface area (Å²) in [7, 11) is -0.969. The van der Waals surface area contributed by atoms with Gasteiger partial charge in [-0.1, -0.05) is 24.3 Å². The van der Waals surface area contributed by atoms with Gasteiger partial charge < -0.3 is 10.6 Å². The van der Waals surface area contributed by atoms with E-state index in [1.165, 1.54) is 11.3 Å². The van der Waals surface area contributed by atoms with Crippen LogP contribution < -0.4 is 10.6 Å². The molecule has 0 aliphatic carbocycles. The molecule has 0 bridgehead atoms. The molecule has 2 N–H and O–H groups in total. The second-order valence-electron chi connectivity index (χ2n) is 5.88. The lowest BCUT2D eigenvalue weighted by atomic mass is 10.1. The lowest BCUT2D eigenvalue weighted by Crippen LogP contribution is -2.13. The second kappa shape index (κ2) is 8.75. The van der Waals surface area contributed by atoms with E-state index in [2.05, 4.69) is 10.6 Å². The van der Waals surface area contributed by atoms with Crippen LogP contribution in [0.4, 0.5) is 11.4 Å². The number of rotatable bonds is 6. The van der Waals surface area contributed by atoms with Crippen LogP contribution in [0.1, 0.15) is 25.6 Å². The third-order valence-electron chi connectivity index (χ3n) is 3.68. The van der Waals surface area contributed by atoms with Crippen molar-refractivity contribution in [1.82, 2.24) is 0 Å². The first-order valence-electron chi connectivity index (χ1n) is 8.16. The van der Waals surface area contributed by atoms with Gasteiger partial charge in [0.15, 0.2) is 0 Å². The van der Waals surface area contributed by atoms with Crippen LogP contribution in [0.5, 0.6) is 0 Å². The summed E-state index contributed by atoms with van der Waals surface area (Å²) in [6.45, 7) is 0. The maximum Gasteiger partial charge on any atom is 0.265 e. The molecule has 0 fully saturated rings. The lowest BCUT2D eigenvalue weighted by Gasteiger charge is -2.09. The van der Waals surface area contributed by atoms with Crippen LogP contribution in [0.3, 0.4) is 0 Å². The lowest BCUT2D eigenvalue weighted by molar-refractivity contribution is 0.102. The van der Waals surface area contributed by atoms with Crippen LogP contribution in [0, 0.1) is 0 Å². The van der Waals surface area contributed by atoms with Crippen molar-refractivity contribution in [3.63, 3.8) is 0 Å². The molecule has 3 rings (SSSR count). The number of benzene rings is 2. The Hall–Kier alpha value is -2.77. The number of hydrogen-bond acceptors (Lipinski definition) is 4. The number of carbonyl (C=O) groups is 2. The number of anilines is 2. The van der Waals surface area contributed by atoms with Crippen LogP contribution in [-0.2, 0) is 16.6 Å². The first-order chi connectivity index (χ1) is 13.0. The highest BCUT2D eigenvalue weighted by molar-refractivity contribution is 7.83. The second-order valence-corrected chi connectivity index (χ2v) is 8.27. The van der Waals surface area contributed by atoms with E-state index in [4.69, 9.17) is 0 Å². The summed E-state index contributed by atoms with van der Waals surface area (Å²) in [5, 5.41) is 7.48. The molecule has 7 heteroatoms. The highest BCUT2D eigenvalue weighted by atomic mass is 32.2. The highest BCUT2D eigenvalue weighted by Gasteiger charge is 2.10. The zero-order chi connectivity index (χ0) is 19.2. The molecule has 0 radical (unpaired) electrons. The standard InChI is InChI=1S/C20H18N2O3S2/c1-27(25)13-14-5-2-6-15(11-14)19(23)21-16-7-3-8-17(12-16)22-20(24)18-9-4-10-26-18/h2-12H,13H2,1H3,(H,21,23)(H,22,24). The maximum atomic E-state index is 12.5. The van der Waals surface area contributed by atoms with Crippen molar-refractivity contribution in [2.45, 2.75) is 5.75 Å². The van der Waals surface area contributed by atoms with Gasteiger partial charge in [0.2, 0.25) is 0 Å². The molecule has 0 aliphatic rings. The summed E-state index contributed by atoms with van der Waals surface area (Å²) in [4.78, 5) is 25.3. The summed E-state index contributed by atoms with van der Waals surface area (Å²) in [6, 6.07) is 17.6. The number of amides is 2. The van der Waals surface area contributed by atoms with Gasteiger partial charge in [-0.2, -0.15) is 0 Å². The van der Waals surface area contributed by atoms with Gasteiger partial charge in [-0.15, -0.1) is 11.3 Å². The van der Waals surface area contributed by atoms with Crippen molar-refractivity contribution in [3.8, 4) is 0 Å². The molecule has 2 aromatic carbocycles. The smallest absolute Gasteiger partial charge is 0.265 e. The Morgan fingerprint density at radius 2 is 1.63 bits per heavy atom. The Labute approximate surface area is 163 Å². The Balaban J connectivity index is 1.69. The molecule has 3 aromatic rings. The molecule has 5 nitrogen and oxygen atoms in total. The molecule has 27 heavy (non-hydrogen) atoms. The topological polar surface area (TPSA) is 75.3 Å². The van der Waals surface area contributed by atoms with Gasteiger partial charge in [-0.05, 0) is 47.3 Å². The molecule has 2 amide bonds. The van der Waals surface area contributed by atoms with Crippen molar-refractivity contribution in [1.29, 1.82) is 0 Å². The Morgan fingerprint density at radius 1 is 0.926 bits per heavy atom. The largest absolute Gasteiger partial charge is 0.322 e. The van der Waals surface area contributed by atoms with E-state index in [1.54, 1.807) is 54.8 Å². The molecule has 1 atom stereocenters. The minimum atomic E-state index is -0.969. The summed E-state index contributed by atoms with van der Waals surface area (Å²) in [5.74, 6) is -0.0417. The first-order valence-corrected chi connectivity index (χ1v) is 10.8. The van der Waals surface area contributed by atoms with Gasteiger partial charge in [-0.3, -0.25) is 13.8 Å². The monoisotopic (exact) mass is 398 g/mol. The van der Waals surface area contributed by atoms with Crippen LogP contribution in [0.2, 0.25) is 0 Å². The van der Waals surface area contributed by atoms with Crippen molar-refractivity contribution in [2.24, 2.45) is 0 Å². The van der Waals surface area contributed by atoms with Gasteiger partial charge in [0.1, 0.15) is 0 Å². The quantitative estimate of drug-likeness (QED) is 0.655. The minimum Gasteiger partial charge on any atom is -0.322 e. The molecule has 0 spiro atoms. The molecule has 0 saturated carbocycles. The van der Waals surface area contributed by atoms with Crippen LogP contribution in [-0.4, -0.2) is 22.3 Å². The van der Waals surface area contributed by atoms with Crippen molar-refractivity contribution >= 4 is 45.3 Å². The molecule has 138 valence electrons. The van der Waals surface area contributed by atoms with Gasteiger partial charge >= 0.3 is 0 Å². The molecular formula is C20H18N2O3S2. The fourth-order valence-electron chi connectivity index (χ4n) is 2.52. The Morgan fingerprint density at radius 3 is 2.30 bits per heavy atom. The average Bonchev–Trinajstić information content (AvgIpc) is 3.16. The van der Waals surface area contributed by atoms with Crippen molar-refractivity contribution in [3.05, 3.63) is 82.0 Å². The Kier molecular flexibility index (Phi) is 6.16. The number of carbonyl (C=O) groups excluding carboxylic acids is 2. The van der Waals surface area contributed by atoms with Gasteiger partial charge in [0, 0.05) is 39.7 Å². The van der Waals surface area contributed by atoms with E-state index in [0.29, 0.717) is 27.6 Å². The van der Waals surface area contributed by atoms with Crippen LogP contribution in [0.25, 0.3) is 0 Å². The van der Waals surface area contributed by atoms with E-state index in [1.807, 2.05) is 17.5 Å². The van der Waals surface area contributed by atoms with Gasteiger partial charge in [-0.25, -0.2) is 0 Å². The van der Waals surface area contributed by atoms with E-state index in [-0.39, 0.29) is 11.8 Å².